The van der Waals surface area contributed by atoms with Gasteiger partial charge in [-0.3, -0.25) is 0 Å². The van der Waals surface area contributed by atoms with E-state index < -0.39 is 5.97 Å². The maximum absolute atomic E-state index is 8.89. The molecule has 3 nitrogen and oxygen atoms in total. The average Bonchev–Trinajstić information content (AvgIpc) is 2.83. The van der Waals surface area contributed by atoms with Crippen molar-refractivity contribution in [1.82, 2.24) is 0 Å². The Bertz CT molecular complexity index is 227. The van der Waals surface area contributed by atoms with Crippen molar-refractivity contribution in [2.45, 2.75) is 91.0 Å². The van der Waals surface area contributed by atoms with E-state index in [0.29, 0.717) is 0 Å². The van der Waals surface area contributed by atoms with Crippen molar-refractivity contribution in [3.63, 3.8) is 0 Å². The number of hydrogen-bond acceptors (Lipinski definition) is 2. The molecule has 0 amide bonds. The van der Waals surface area contributed by atoms with Crippen LogP contribution < -0.4 is 10.0 Å². The van der Waals surface area contributed by atoms with Gasteiger partial charge in [-0.15, -0.1) is 0 Å². The summed E-state index contributed by atoms with van der Waals surface area (Å²) in [5.74, 6) is -1.08. The number of unbranched alkanes of at least 4 members (excludes halogenated alkanes) is 5. The maximum atomic E-state index is 8.89. The minimum Gasteiger partial charge on any atom is -0.550 e. The van der Waals surface area contributed by atoms with Crippen LogP contribution in [0.2, 0.25) is 0 Å². The summed E-state index contributed by atoms with van der Waals surface area (Å²) in [6.07, 6.45) is 14.5. The summed E-state index contributed by atoms with van der Waals surface area (Å²) in [6.45, 7) is 8.51. The molecule has 0 bridgehead atoms. The first-order chi connectivity index (χ1) is 9.61. The van der Waals surface area contributed by atoms with Gasteiger partial charge >= 0.3 is 0 Å². The highest BCUT2D eigenvalue weighted by atomic mass is 16.4. The van der Waals surface area contributed by atoms with Crippen molar-refractivity contribution in [1.29, 1.82) is 0 Å². The molecule has 1 N–H and O–H groups in total. The molecule has 1 saturated heterocycles. The van der Waals surface area contributed by atoms with Crippen LogP contribution in [-0.2, 0) is 4.79 Å². The van der Waals surface area contributed by atoms with Gasteiger partial charge in [-0.1, -0.05) is 39.5 Å². The zero-order valence-corrected chi connectivity index (χ0v) is 13.9. The number of aliphatic carboxylic acids is 1. The number of likely N-dealkylation sites (tertiary alicyclic amines) is 1. The Morgan fingerprint density at radius 1 is 1.10 bits per heavy atom. The number of nitrogens with one attached hydrogen (secondary N) is 1. The number of carbonyl (C=O) groups excluding carboxylic acids is 1. The third kappa shape index (κ3) is 11.3. The van der Waals surface area contributed by atoms with Gasteiger partial charge < -0.3 is 14.8 Å². The van der Waals surface area contributed by atoms with Crippen LogP contribution in [0.4, 0.5) is 0 Å². The molecule has 1 heterocycles. The number of carbonyl (C=O) groups is 1. The van der Waals surface area contributed by atoms with E-state index in [4.69, 9.17) is 9.90 Å². The fourth-order valence-electron chi connectivity index (χ4n) is 3.07. The predicted octanol–water partition coefficient (Wildman–Crippen LogP) is 1.95. The number of rotatable bonds is 9. The van der Waals surface area contributed by atoms with E-state index in [9.17, 15) is 0 Å². The summed E-state index contributed by atoms with van der Waals surface area (Å²) in [7, 11) is 0. The maximum Gasteiger partial charge on any atom is 0.0876 e. The molecule has 2 unspecified atom stereocenters. The quantitative estimate of drug-likeness (QED) is 0.658. The second-order valence-electron chi connectivity index (χ2n) is 6.05. The van der Waals surface area contributed by atoms with Crippen LogP contribution in [0.1, 0.15) is 85.0 Å². The van der Waals surface area contributed by atoms with Crippen molar-refractivity contribution in [3.8, 4) is 0 Å². The van der Waals surface area contributed by atoms with Gasteiger partial charge in [0.05, 0.1) is 19.1 Å². The molecular weight excluding hydrogens is 250 g/mol. The van der Waals surface area contributed by atoms with Crippen LogP contribution in [0.25, 0.3) is 0 Å². The first-order valence-corrected chi connectivity index (χ1v) is 8.63. The number of hydrogen-bond donors (Lipinski definition) is 1. The summed E-state index contributed by atoms with van der Waals surface area (Å²) in [6, 6.07) is 1.02. The van der Waals surface area contributed by atoms with E-state index in [1.54, 1.807) is 0 Å². The Hall–Kier alpha value is -0.570. The second-order valence-corrected chi connectivity index (χ2v) is 6.05. The lowest BCUT2D eigenvalue weighted by Crippen LogP contribution is -3.13. The van der Waals surface area contributed by atoms with Crippen molar-refractivity contribution in [3.05, 3.63) is 0 Å². The van der Waals surface area contributed by atoms with Crippen molar-refractivity contribution < 1.29 is 14.8 Å². The molecule has 0 saturated carbocycles. The normalized spacial score (nSPS) is 21.4. The van der Waals surface area contributed by atoms with Crippen LogP contribution in [0.15, 0.2) is 0 Å². The molecule has 0 aliphatic carbocycles. The Kier molecular flexibility index (Phi) is 13.0. The van der Waals surface area contributed by atoms with Crippen LogP contribution in [0.3, 0.4) is 0 Å². The van der Waals surface area contributed by atoms with Gasteiger partial charge in [0.1, 0.15) is 0 Å². The fraction of sp³-hybridized carbons (Fsp3) is 0.941. The fourth-order valence-corrected chi connectivity index (χ4v) is 3.07. The van der Waals surface area contributed by atoms with E-state index in [0.717, 1.165) is 13.0 Å². The zero-order valence-electron chi connectivity index (χ0n) is 13.9. The first kappa shape index (κ1) is 19.4. The Balaban J connectivity index is 0.000000796. The number of quaternary nitrogens is 1. The third-order valence-electron chi connectivity index (χ3n) is 4.14. The second kappa shape index (κ2) is 13.4. The van der Waals surface area contributed by atoms with Crippen molar-refractivity contribution in [2.75, 3.05) is 13.1 Å². The Morgan fingerprint density at radius 2 is 1.70 bits per heavy atom. The summed E-state index contributed by atoms with van der Waals surface area (Å²) < 4.78 is 0. The van der Waals surface area contributed by atoms with Gasteiger partial charge in [-0.05, 0) is 32.6 Å². The summed E-state index contributed by atoms with van der Waals surface area (Å²) in [5, 5.41) is 8.89. The smallest absolute Gasteiger partial charge is 0.0876 e. The molecule has 120 valence electrons. The average molecular weight is 285 g/mol. The highest BCUT2D eigenvalue weighted by molar-refractivity contribution is 5.60. The molecule has 3 heteroatoms. The molecule has 1 fully saturated rings. The summed E-state index contributed by atoms with van der Waals surface area (Å²) in [5.41, 5.74) is 0. The van der Waals surface area contributed by atoms with Crippen LogP contribution >= 0.6 is 0 Å². The van der Waals surface area contributed by atoms with Gasteiger partial charge in [0.2, 0.25) is 0 Å². The third-order valence-corrected chi connectivity index (χ3v) is 4.14. The Labute approximate surface area is 125 Å². The van der Waals surface area contributed by atoms with Gasteiger partial charge in [-0.25, -0.2) is 0 Å². The van der Waals surface area contributed by atoms with E-state index in [1.807, 2.05) is 4.90 Å². The van der Waals surface area contributed by atoms with Crippen LogP contribution in [-0.4, -0.2) is 25.1 Å². The van der Waals surface area contributed by atoms with E-state index in [-0.39, 0.29) is 0 Å². The van der Waals surface area contributed by atoms with Gasteiger partial charge in [0, 0.05) is 18.8 Å². The molecule has 0 aromatic heterocycles. The highest BCUT2D eigenvalue weighted by Crippen LogP contribution is 2.08. The summed E-state index contributed by atoms with van der Waals surface area (Å²) in [4.78, 5) is 10.8. The molecular formula is C17H35NO2. The first-order valence-electron chi connectivity index (χ1n) is 8.63. The Morgan fingerprint density at radius 3 is 2.30 bits per heavy atom. The summed E-state index contributed by atoms with van der Waals surface area (Å²) >= 11 is 0. The topological polar surface area (TPSA) is 44.6 Å². The number of carboxylic acids is 1. The van der Waals surface area contributed by atoms with Crippen LogP contribution in [0.5, 0.6) is 0 Å². The van der Waals surface area contributed by atoms with E-state index in [2.05, 4.69) is 13.8 Å². The van der Waals surface area contributed by atoms with Crippen molar-refractivity contribution in [2.24, 2.45) is 0 Å². The number of carboxylic acid groups (broad SMARTS) is 1. The monoisotopic (exact) mass is 285 g/mol. The highest BCUT2D eigenvalue weighted by Gasteiger charge is 2.26. The molecule has 2 atom stereocenters. The van der Waals surface area contributed by atoms with Crippen LogP contribution in [0, 0.1) is 0 Å². The minimum atomic E-state index is -1.08. The standard InChI is InChI=1S/C15H31N.C2H4O2/c1-3-5-7-8-9-13-16-14-10-12-15(16)11-6-4-2;1-2(3)4/h15H,3-14H2,1-2H3;1H3,(H,3,4). The van der Waals surface area contributed by atoms with Gasteiger partial charge in [0.25, 0.3) is 0 Å². The largest absolute Gasteiger partial charge is 0.550 e. The molecule has 1 rings (SSSR count). The lowest BCUT2D eigenvalue weighted by Gasteiger charge is -2.21. The van der Waals surface area contributed by atoms with E-state index in [1.165, 1.54) is 77.3 Å². The minimum absolute atomic E-state index is 0.972. The molecule has 0 radical (unpaired) electrons. The zero-order chi connectivity index (χ0) is 15.2. The van der Waals surface area contributed by atoms with Gasteiger partial charge in [0.15, 0.2) is 0 Å². The lowest BCUT2D eigenvalue weighted by molar-refractivity contribution is -0.912. The molecule has 1 aliphatic heterocycles. The molecule has 0 aromatic carbocycles. The molecule has 20 heavy (non-hydrogen) atoms. The molecule has 0 spiro atoms. The van der Waals surface area contributed by atoms with E-state index >= 15 is 0 Å². The van der Waals surface area contributed by atoms with Gasteiger partial charge in [-0.2, -0.15) is 0 Å². The lowest BCUT2D eigenvalue weighted by atomic mass is 10.1. The van der Waals surface area contributed by atoms with Crippen molar-refractivity contribution >= 4 is 5.97 Å². The predicted molar refractivity (Wildman–Crippen MR) is 82.7 cm³/mol. The SMILES string of the molecule is CC(=O)[O-].CCCCCCC[NH+]1CCCC1CCCC. The molecule has 1 aliphatic rings. The molecule has 0 aromatic rings.